The molecule has 0 bridgehead atoms. The molecule has 2 rings (SSSR count). The molecule has 0 spiro atoms. The van der Waals surface area contributed by atoms with Crippen LogP contribution in [0.1, 0.15) is 18.5 Å². The van der Waals surface area contributed by atoms with Crippen molar-refractivity contribution in [3.8, 4) is 0 Å². The van der Waals surface area contributed by atoms with Crippen LogP contribution in [0.3, 0.4) is 0 Å². The predicted molar refractivity (Wildman–Crippen MR) is 82.9 cm³/mol. The van der Waals surface area contributed by atoms with E-state index in [1.165, 1.54) is 17.0 Å². The highest BCUT2D eigenvalue weighted by Gasteiger charge is 2.11. The number of rotatable bonds is 3. The van der Waals surface area contributed by atoms with Crippen LogP contribution in [0.2, 0.25) is 0 Å². The molecule has 0 aliphatic heterocycles. The molecule has 4 nitrogen and oxygen atoms in total. The first-order valence-corrected chi connectivity index (χ1v) is 6.63. The van der Waals surface area contributed by atoms with Crippen molar-refractivity contribution in [3.63, 3.8) is 0 Å². The Morgan fingerprint density at radius 3 is 2.52 bits per heavy atom. The van der Waals surface area contributed by atoms with Gasteiger partial charge in [-0.15, -0.1) is 0 Å². The Kier molecular flexibility index (Phi) is 4.55. The second kappa shape index (κ2) is 6.37. The van der Waals surface area contributed by atoms with Crippen molar-refractivity contribution in [1.29, 1.82) is 0 Å². The number of hydrogen-bond donors (Lipinski definition) is 2. The standard InChI is InChI=1S/C16H18FN3O/c1-11(18)12-4-3-5-14(10-12)19-16(21)20(2)15-8-6-13(17)7-9-15/h3-11H,18H2,1-2H3,(H,19,21). The van der Waals surface area contributed by atoms with Crippen LogP contribution in [0.25, 0.3) is 0 Å². The van der Waals surface area contributed by atoms with Gasteiger partial charge >= 0.3 is 6.03 Å². The number of carbonyl (C=O) groups excluding carboxylic acids is 1. The Balaban J connectivity index is 2.10. The minimum atomic E-state index is -0.336. The lowest BCUT2D eigenvalue weighted by Gasteiger charge is -2.18. The van der Waals surface area contributed by atoms with Gasteiger partial charge in [0.25, 0.3) is 0 Å². The van der Waals surface area contributed by atoms with Crippen LogP contribution in [-0.2, 0) is 0 Å². The lowest BCUT2D eigenvalue weighted by atomic mass is 10.1. The zero-order chi connectivity index (χ0) is 15.4. The fourth-order valence-electron chi connectivity index (χ4n) is 1.89. The summed E-state index contributed by atoms with van der Waals surface area (Å²) in [5, 5.41) is 2.79. The van der Waals surface area contributed by atoms with Crippen molar-refractivity contribution in [1.82, 2.24) is 0 Å². The predicted octanol–water partition coefficient (Wildman–Crippen LogP) is 3.51. The van der Waals surface area contributed by atoms with Crippen molar-refractivity contribution >= 4 is 17.4 Å². The molecule has 0 aliphatic rings. The van der Waals surface area contributed by atoms with Gasteiger partial charge in [-0.1, -0.05) is 12.1 Å². The van der Waals surface area contributed by atoms with Gasteiger partial charge in [0.05, 0.1) is 0 Å². The van der Waals surface area contributed by atoms with Gasteiger partial charge in [-0.05, 0) is 48.9 Å². The molecular weight excluding hydrogens is 269 g/mol. The summed E-state index contributed by atoms with van der Waals surface area (Å²) in [5.41, 5.74) is 8.04. The number of nitrogens with two attached hydrogens (primary N) is 1. The smallest absolute Gasteiger partial charge is 0.324 e. The highest BCUT2D eigenvalue weighted by Crippen LogP contribution is 2.18. The maximum absolute atomic E-state index is 12.9. The Morgan fingerprint density at radius 1 is 1.24 bits per heavy atom. The van der Waals surface area contributed by atoms with Crippen molar-refractivity contribution in [2.45, 2.75) is 13.0 Å². The third-order valence-corrected chi connectivity index (χ3v) is 3.18. The van der Waals surface area contributed by atoms with Crippen LogP contribution in [0.15, 0.2) is 48.5 Å². The minimum absolute atomic E-state index is 0.100. The Bertz CT molecular complexity index is 626. The van der Waals surface area contributed by atoms with Gasteiger partial charge in [-0.25, -0.2) is 9.18 Å². The van der Waals surface area contributed by atoms with Crippen LogP contribution < -0.4 is 16.0 Å². The summed E-state index contributed by atoms with van der Waals surface area (Å²) < 4.78 is 12.9. The molecule has 21 heavy (non-hydrogen) atoms. The Labute approximate surface area is 123 Å². The number of carbonyl (C=O) groups is 1. The number of urea groups is 1. The van der Waals surface area contributed by atoms with Crippen molar-refractivity contribution < 1.29 is 9.18 Å². The number of anilines is 2. The Morgan fingerprint density at radius 2 is 1.90 bits per heavy atom. The molecular formula is C16H18FN3O. The van der Waals surface area contributed by atoms with E-state index in [0.29, 0.717) is 11.4 Å². The molecule has 2 amide bonds. The zero-order valence-corrected chi connectivity index (χ0v) is 12.0. The van der Waals surface area contributed by atoms with Crippen LogP contribution in [-0.4, -0.2) is 13.1 Å². The van der Waals surface area contributed by atoms with Crippen LogP contribution in [0.5, 0.6) is 0 Å². The largest absolute Gasteiger partial charge is 0.326 e. The van der Waals surface area contributed by atoms with E-state index in [1.807, 2.05) is 25.1 Å². The second-order valence-corrected chi connectivity index (χ2v) is 4.88. The molecule has 1 atom stereocenters. The third-order valence-electron chi connectivity index (χ3n) is 3.18. The second-order valence-electron chi connectivity index (χ2n) is 4.88. The van der Waals surface area contributed by atoms with E-state index in [1.54, 1.807) is 25.2 Å². The van der Waals surface area contributed by atoms with E-state index in [9.17, 15) is 9.18 Å². The lowest BCUT2D eigenvalue weighted by Crippen LogP contribution is -2.31. The maximum Gasteiger partial charge on any atom is 0.326 e. The quantitative estimate of drug-likeness (QED) is 0.907. The molecule has 0 aromatic heterocycles. The third kappa shape index (κ3) is 3.79. The topological polar surface area (TPSA) is 58.4 Å². The average molecular weight is 287 g/mol. The van der Waals surface area contributed by atoms with Gasteiger partial charge in [0, 0.05) is 24.5 Å². The van der Waals surface area contributed by atoms with Gasteiger partial charge in [0.1, 0.15) is 5.82 Å². The van der Waals surface area contributed by atoms with Crippen LogP contribution in [0.4, 0.5) is 20.6 Å². The summed E-state index contributed by atoms with van der Waals surface area (Å²) in [7, 11) is 1.62. The molecule has 0 aliphatic carbocycles. The maximum atomic E-state index is 12.9. The molecule has 0 saturated heterocycles. The van der Waals surface area contributed by atoms with E-state index in [0.717, 1.165) is 5.56 Å². The number of amides is 2. The van der Waals surface area contributed by atoms with Crippen LogP contribution >= 0.6 is 0 Å². The van der Waals surface area contributed by atoms with Gasteiger partial charge in [0.15, 0.2) is 0 Å². The average Bonchev–Trinajstić information content (AvgIpc) is 2.47. The van der Waals surface area contributed by atoms with Gasteiger partial charge < -0.3 is 11.1 Å². The molecule has 0 heterocycles. The summed E-state index contributed by atoms with van der Waals surface area (Å²) in [6.45, 7) is 1.88. The molecule has 3 N–H and O–H groups in total. The van der Waals surface area contributed by atoms with Gasteiger partial charge in [-0.2, -0.15) is 0 Å². The fraction of sp³-hybridized carbons (Fsp3) is 0.188. The number of hydrogen-bond acceptors (Lipinski definition) is 2. The van der Waals surface area contributed by atoms with E-state index in [-0.39, 0.29) is 17.9 Å². The molecule has 110 valence electrons. The monoisotopic (exact) mass is 287 g/mol. The molecule has 0 radical (unpaired) electrons. The highest BCUT2D eigenvalue weighted by atomic mass is 19.1. The minimum Gasteiger partial charge on any atom is -0.324 e. The molecule has 2 aromatic carbocycles. The summed E-state index contributed by atoms with van der Waals surface area (Å²) in [6, 6.07) is 12.7. The summed E-state index contributed by atoms with van der Waals surface area (Å²) in [6.07, 6.45) is 0. The molecule has 5 heteroatoms. The van der Waals surface area contributed by atoms with E-state index < -0.39 is 0 Å². The first-order chi connectivity index (χ1) is 9.97. The first kappa shape index (κ1) is 15.0. The normalized spacial score (nSPS) is 11.8. The summed E-state index contributed by atoms with van der Waals surface area (Å²) >= 11 is 0. The zero-order valence-electron chi connectivity index (χ0n) is 12.0. The highest BCUT2D eigenvalue weighted by molar-refractivity contribution is 6.01. The molecule has 2 aromatic rings. The van der Waals surface area contributed by atoms with Gasteiger partial charge in [0.2, 0.25) is 0 Å². The first-order valence-electron chi connectivity index (χ1n) is 6.63. The Hall–Kier alpha value is -2.40. The van der Waals surface area contributed by atoms with Crippen LogP contribution in [0, 0.1) is 5.82 Å². The molecule has 0 saturated carbocycles. The molecule has 1 unspecified atom stereocenters. The summed E-state index contributed by atoms with van der Waals surface area (Å²) in [4.78, 5) is 13.6. The van der Waals surface area contributed by atoms with Crippen molar-refractivity contribution in [3.05, 3.63) is 59.9 Å². The van der Waals surface area contributed by atoms with Gasteiger partial charge in [-0.3, -0.25) is 4.90 Å². The lowest BCUT2D eigenvalue weighted by molar-refractivity contribution is 0.258. The van der Waals surface area contributed by atoms with Crippen molar-refractivity contribution in [2.75, 3.05) is 17.3 Å². The van der Waals surface area contributed by atoms with E-state index in [2.05, 4.69) is 5.32 Å². The number of benzene rings is 2. The number of nitrogens with one attached hydrogen (secondary N) is 1. The van der Waals surface area contributed by atoms with Crippen molar-refractivity contribution in [2.24, 2.45) is 5.73 Å². The number of nitrogens with zero attached hydrogens (tertiary/aromatic N) is 1. The summed E-state index contributed by atoms with van der Waals surface area (Å²) in [5.74, 6) is -0.336. The van der Waals surface area contributed by atoms with E-state index in [4.69, 9.17) is 5.73 Å². The fourth-order valence-corrected chi connectivity index (χ4v) is 1.89. The number of halogens is 1. The van der Waals surface area contributed by atoms with E-state index >= 15 is 0 Å². The molecule has 0 fully saturated rings. The SMILES string of the molecule is CC(N)c1cccc(NC(=O)N(C)c2ccc(F)cc2)c1.